The molecule has 10 heteroatoms. The first-order chi connectivity index (χ1) is 14.2. The van der Waals surface area contributed by atoms with Crippen molar-refractivity contribution in [3.05, 3.63) is 48.0 Å². The maximum Gasteiger partial charge on any atom is 0.223 e. The molecule has 0 spiro atoms. The zero-order valence-corrected chi connectivity index (χ0v) is 16.4. The van der Waals surface area contributed by atoms with Gasteiger partial charge in [0, 0.05) is 25.6 Å². The van der Waals surface area contributed by atoms with Gasteiger partial charge in [-0.25, -0.2) is 4.68 Å². The lowest BCUT2D eigenvalue weighted by Gasteiger charge is -2.39. The predicted octanol–water partition coefficient (Wildman–Crippen LogP) is 0.951. The van der Waals surface area contributed by atoms with E-state index < -0.39 is 0 Å². The lowest BCUT2D eigenvalue weighted by Crippen LogP contribution is -2.51. The summed E-state index contributed by atoms with van der Waals surface area (Å²) in [6.07, 6.45) is 6.20. The quantitative estimate of drug-likeness (QED) is 0.558. The fraction of sp³-hybridized carbons (Fsp3) is 0.421. The Balaban J connectivity index is 1.27. The average Bonchev–Trinajstić information content (AvgIpc) is 3.38. The minimum absolute atomic E-state index is 0.125. The van der Waals surface area contributed by atoms with Crippen molar-refractivity contribution in [2.24, 2.45) is 0 Å². The zero-order chi connectivity index (χ0) is 20.2. The third kappa shape index (κ3) is 4.20. The van der Waals surface area contributed by atoms with Gasteiger partial charge in [-0.15, -0.1) is 5.10 Å². The molecule has 1 aromatic carbocycles. The molecule has 0 unspecified atom stereocenters. The first-order valence-corrected chi connectivity index (χ1v) is 9.39. The summed E-state index contributed by atoms with van der Waals surface area (Å²) in [5.74, 6) is 1.60. The molecule has 0 bridgehead atoms. The molecule has 0 aliphatic carbocycles. The van der Waals surface area contributed by atoms with Crippen molar-refractivity contribution in [3.63, 3.8) is 0 Å². The van der Waals surface area contributed by atoms with Crippen molar-refractivity contribution in [2.45, 2.75) is 25.4 Å². The smallest absolute Gasteiger partial charge is 0.223 e. The SMILES string of the molecule is COc1ccc(CCC(=O)N2CC(n3cc(Cn4nccn4)nn3)C2)c(OC)c1. The van der Waals surface area contributed by atoms with Crippen LogP contribution in [0.4, 0.5) is 0 Å². The molecule has 0 atom stereocenters. The first kappa shape index (κ1) is 18.9. The number of nitrogens with zero attached hydrogens (tertiary/aromatic N) is 7. The maximum atomic E-state index is 12.5. The van der Waals surface area contributed by atoms with Crippen LogP contribution in [-0.2, 0) is 17.8 Å². The number of hydrogen-bond donors (Lipinski definition) is 0. The van der Waals surface area contributed by atoms with Crippen LogP contribution in [0.25, 0.3) is 0 Å². The lowest BCUT2D eigenvalue weighted by atomic mass is 10.0. The molecule has 1 saturated heterocycles. The highest BCUT2D eigenvalue weighted by atomic mass is 16.5. The maximum absolute atomic E-state index is 12.5. The van der Waals surface area contributed by atoms with E-state index in [4.69, 9.17) is 9.47 Å². The van der Waals surface area contributed by atoms with Crippen molar-refractivity contribution in [1.82, 2.24) is 34.9 Å². The summed E-state index contributed by atoms with van der Waals surface area (Å²) in [5, 5.41) is 16.5. The Morgan fingerprint density at radius 1 is 1.17 bits per heavy atom. The van der Waals surface area contributed by atoms with E-state index >= 15 is 0 Å². The summed E-state index contributed by atoms with van der Waals surface area (Å²) in [5.41, 5.74) is 1.78. The summed E-state index contributed by atoms with van der Waals surface area (Å²) >= 11 is 0. The fourth-order valence-electron chi connectivity index (χ4n) is 3.32. The lowest BCUT2D eigenvalue weighted by molar-refractivity contribution is -0.137. The van der Waals surface area contributed by atoms with E-state index in [1.165, 1.54) is 0 Å². The molecule has 4 rings (SSSR count). The third-order valence-electron chi connectivity index (χ3n) is 5.02. The molecule has 1 aliphatic rings. The van der Waals surface area contributed by atoms with E-state index in [-0.39, 0.29) is 11.9 Å². The van der Waals surface area contributed by atoms with Crippen LogP contribution in [0.15, 0.2) is 36.8 Å². The summed E-state index contributed by atoms with van der Waals surface area (Å²) in [6, 6.07) is 5.81. The number of aryl methyl sites for hydroxylation is 1. The van der Waals surface area contributed by atoms with Gasteiger partial charge in [0.2, 0.25) is 5.91 Å². The zero-order valence-electron chi connectivity index (χ0n) is 16.4. The summed E-state index contributed by atoms with van der Waals surface area (Å²) in [7, 11) is 3.24. The number of benzene rings is 1. The van der Waals surface area contributed by atoms with E-state index in [9.17, 15) is 4.79 Å². The molecule has 0 N–H and O–H groups in total. The number of aromatic nitrogens is 6. The topological polar surface area (TPSA) is 100 Å². The number of rotatable bonds is 8. The minimum atomic E-state index is 0.125. The van der Waals surface area contributed by atoms with Gasteiger partial charge in [-0.05, 0) is 18.1 Å². The number of methoxy groups -OCH3 is 2. The molecular formula is C19H23N7O3. The van der Waals surface area contributed by atoms with Crippen LogP contribution in [-0.4, -0.2) is 68.1 Å². The molecule has 29 heavy (non-hydrogen) atoms. The molecule has 1 amide bonds. The van der Waals surface area contributed by atoms with Crippen molar-refractivity contribution >= 4 is 5.91 Å². The highest BCUT2D eigenvalue weighted by Gasteiger charge is 2.32. The average molecular weight is 397 g/mol. The Morgan fingerprint density at radius 2 is 1.97 bits per heavy atom. The Morgan fingerprint density at radius 3 is 2.69 bits per heavy atom. The second-order valence-corrected chi connectivity index (χ2v) is 6.88. The first-order valence-electron chi connectivity index (χ1n) is 9.39. The summed E-state index contributed by atoms with van der Waals surface area (Å²) in [4.78, 5) is 15.9. The number of amides is 1. The Kier molecular flexibility index (Phi) is 5.41. The van der Waals surface area contributed by atoms with E-state index in [0.29, 0.717) is 32.5 Å². The Labute approximate surface area is 168 Å². The second kappa shape index (κ2) is 8.29. The molecule has 0 saturated carbocycles. The van der Waals surface area contributed by atoms with Gasteiger partial charge in [-0.2, -0.15) is 15.0 Å². The highest BCUT2D eigenvalue weighted by molar-refractivity contribution is 5.77. The van der Waals surface area contributed by atoms with Crippen LogP contribution in [0.1, 0.15) is 23.7 Å². The highest BCUT2D eigenvalue weighted by Crippen LogP contribution is 2.27. The van der Waals surface area contributed by atoms with Gasteiger partial charge < -0.3 is 14.4 Å². The van der Waals surface area contributed by atoms with E-state index in [1.54, 1.807) is 31.4 Å². The van der Waals surface area contributed by atoms with Crippen LogP contribution in [0.5, 0.6) is 11.5 Å². The van der Waals surface area contributed by atoms with Gasteiger partial charge in [0.15, 0.2) is 0 Å². The van der Waals surface area contributed by atoms with Crippen molar-refractivity contribution in [2.75, 3.05) is 27.3 Å². The van der Waals surface area contributed by atoms with Gasteiger partial charge in [-0.1, -0.05) is 11.3 Å². The van der Waals surface area contributed by atoms with E-state index in [0.717, 1.165) is 22.8 Å². The molecule has 152 valence electrons. The van der Waals surface area contributed by atoms with Crippen LogP contribution >= 0.6 is 0 Å². The Bertz CT molecular complexity index is 964. The van der Waals surface area contributed by atoms with Crippen LogP contribution in [0.3, 0.4) is 0 Å². The molecular weight excluding hydrogens is 374 g/mol. The van der Waals surface area contributed by atoms with Gasteiger partial charge in [0.1, 0.15) is 23.7 Å². The van der Waals surface area contributed by atoms with E-state index in [2.05, 4.69) is 20.5 Å². The molecule has 1 aliphatic heterocycles. The van der Waals surface area contributed by atoms with Gasteiger partial charge in [-0.3, -0.25) is 4.79 Å². The standard InChI is InChI=1S/C19H23N7O3/c1-28-17-5-3-14(18(9-17)29-2)4-6-19(27)24-12-16(13-24)25-10-15(22-23-25)11-26-20-7-8-21-26/h3,5,7-10,16H,4,6,11-13H2,1-2H3. The van der Waals surface area contributed by atoms with Crippen molar-refractivity contribution in [1.29, 1.82) is 0 Å². The molecule has 3 heterocycles. The van der Waals surface area contributed by atoms with Gasteiger partial charge in [0.25, 0.3) is 0 Å². The Hall–Kier alpha value is -3.43. The number of carbonyl (C=O) groups excluding carboxylic acids is 1. The van der Waals surface area contributed by atoms with Crippen molar-refractivity contribution < 1.29 is 14.3 Å². The summed E-state index contributed by atoms with van der Waals surface area (Å²) in [6.45, 7) is 1.76. The number of likely N-dealkylation sites (tertiary alicyclic amines) is 1. The number of hydrogen-bond acceptors (Lipinski definition) is 7. The third-order valence-corrected chi connectivity index (χ3v) is 5.02. The van der Waals surface area contributed by atoms with Crippen LogP contribution < -0.4 is 9.47 Å². The molecule has 1 fully saturated rings. The normalized spacial score (nSPS) is 13.9. The molecule has 2 aromatic heterocycles. The summed E-state index contributed by atoms with van der Waals surface area (Å²) < 4.78 is 12.4. The van der Waals surface area contributed by atoms with E-state index in [1.807, 2.05) is 34.0 Å². The fourth-order valence-corrected chi connectivity index (χ4v) is 3.32. The molecule has 0 radical (unpaired) electrons. The van der Waals surface area contributed by atoms with Crippen molar-refractivity contribution in [3.8, 4) is 11.5 Å². The minimum Gasteiger partial charge on any atom is -0.497 e. The number of carbonyl (C=O) groups is 1. The molecule has 10 nitrogen and oxygen atoms in total. The monoisotopic (exact) mass is 397 g/mol. The van der Waals surface area contributed by atoms with Gasteiger partial charge >= 0.3 is 0 Å². The largest absolute Gasteiger partial charge is 0.497 e. The number of ether oxygens (including phenoxy) is 2. The van der Waals surface area contributed by atoms with Gasteiger partial charge in [0.05, 0.1) is 38.9 Å². The molecule has 3 aromatic rings. The van der Waals surface area contributed by atoms with Crippen LogP contribution in [0, 0.1) is 0 Å². The predicted molar refractivity (Wildman–Crippen MR) is 103 cm³/mol. The second-order valence-electron chi connectivity index (χ2n) is 6.88. The van der Waals surface area contributed by atoms with Crippen LogP contribution in [0.2, 0.25) is 0 Å².